The third-order valence-corrected chi connectivity index (χ3v) is 3.19. The number of aromatic nitrogens is 3. The number of aliphatic hydroxyl groups excluding tert-OH is 1. The monoisotopic (exact) mass is 235 g/mol. The first kappa shape index (κ1) is 11.2. The first-order chi connectivity index (χ1) is 7.78. The number of hydrogen-bond acceptors (Lipinski definition) is 4. The summed E-state index contributed by atoms with van der Waals surface area (Å²) >= 11 is 1.71. The lowest BCUT2D eigenvalue weighted by Gasteiger charge is -2.00. The summed E-state index contributed by atoms with van der Waals surface area (Å²) in [6, 6.07) is 7.87. The van der Waals surface area contributed by atoms with Crippen LogP contribution in [0.4, 0.5) is 0 Å². The molecule has 0 aliphatic carbocycles. The highest BCUT2D eigenvalue weighted by Crippen LogP contribution is 2.21. The summed E-state index contributed by atoms with van der Waals surface area (Å²) < 4.78 is 1.70. The summed E-state index contributed by atoms with van der Waals surface area (Å²) in [6.07, 6.45) is 1.91. The van der Waals surface area contributed by atoms with Crippen molar-refractivity contribution in [2.45, 2.75) is 17.3 Å². The Morgan fingerprint density at radius 2 is 2.06 bits per heavy atom. The fraction of sp³-hybridized carbons (Fsp3) is 0.273. The second kappa shape index (κ2) is 5.14. The van der Waals surface area contributed by atoms with E-state index < -0.39 is 0 Å². The van der Waals surface area contributed by atoms with Gasteiger partial charge in [0.2, 0.25) is 0 Å². The first-order valence-electron chi connectivity index (χ1n) is 4.96. The molecule has 4 nitrogen and oxygen atoms in total. The third kappa shape index (κ3) is 2.84. The normalized spacial score (nSPS) is 10.6. The highest BCUT2D eigenvalue weighted by atomic mass is 32.2. The Labute approximate surface area is 98.3 Å². The van der Waals surface area contributed by atoms with Gasteiger partial charge in [-0.1, -0.05) is 17.3 Å². The fourth-order valence-electron chi connectivity index (χ4n) is 1.31. The van der Waals surface area contributed by atoms with E-state index in [9.17, 15) is 0 Å². The van der Waals surface area contributed by atoms with E-state index in [1.54, 1.807) is 16.4 Å². The van der Waals surface area contributed by atoms with Gasteiger partial charge in [-0.15, -0.1) is 16.9 Å². The van der Waals surface area contributed by atoms with Gasteiger partial charge in [0.25, 0.3) is 0 Å². The molecule has 0 atom stereocenters. The summed E-state index contributed by atoms with van der Waals surface area (Å²) in [5.74, 6) is 0.812. The van der Waals surface area contributed by atoms with E-state index >= 15 is 0 Å². The SMILES string of the molecule is Cn1cc(CSc2ccc(CO)cc2)nn1. The van der Waals surface area contributed by atoms with E-state index in [1.807, 2.05) is 37.5 Å². The second-order valence-corrected chi connectivity index (χ2v) is 4.52. The van der Waals surface area contributed by atoms with Gasteiger partial charge in [-0.25, -0.2) is 0 Å². The fourth-order valence-corrected chi connectivity index (χ4v) is 2.09. The molecule has 1 aromatic heterocycles. The molecule has 1 heterocycles. The van der Waals surface area contributed by atoms with E-state index in [-0.39, 0.29) is 6.61 Å². The van der Waals surface area contributed by atoms with Crippen LogP contribution < -0.4 is 0 Å². The number of rotatable bonds is 4. The Hall–Kier alpha value is -1.33. The molecule has 16 heavy (non-hydrogen) atoms. The third-order valence-electron chi connectivity index (χ3n) is 2.14. The molecule has 2 aromatic rings. The Morgan fingerprint density at radius 1 is 1.31 bits per heavy atom. The van der Waals surface area contributed by atoms with Crippen LogP contribution in [0.5, 0.6) is 0 Å². The lowest BCUT2D eigenvalue weighted by atomic mass is 10.2. The quantitative estimate of drug-likeness (QED) is 0.818. The average Bonchev–Trinajstić information content (AvgIpc) is 2.73. The average molecular weight is 235 g/mol. The number of thioether (sulfide) groups is 1. The minimum atomic E-state index is 0.0924. The molecule has 5 heteroatoms. The highest BCUT2D eigenvalue weighted by Gasteiger charge is 2.00. The molecule has 2 rings (SSSR count). The maximum absolute atomic E-state index is 8.91. The van der Waals surface area contributed by atoms with Crippen LogP contribution in [-0.4, -0.2) is 20.1 Å². The van der Waals surface area contributed by atoms with Crippen LogP contribution in [0.2, 0.25) is 0 Å². The maximum Gasteiger partial charge on any atom is 0.0929 e. The van der Waals surface area contributed by atoms with Crippen molar-refractivity contribution >= 4 is 11.8 Å². The summed E-state index contributed by atoms with van der Waals surface area (Å²) in [4.78, 5) is 1.17. The van der Waals surface area contributed by atoms with Crippen molar-refractivity contribution in [1.29, 1.82) is 0 Å². The number of nitrogens with zero attached hydrogens (tertiary/aromatic N) is 3. The van der Waals surface area contributed by atoms with Crippen molar-refractivity contribution in [3.05, 3.63) is 41.7 Å². The second-order valence-electron chi connectivity index (χ2n) is 3.47. The number of aryl methyl sites for hydroxylation is 1. The maximum atomic E-state index is 8.91. The predicted octanol–water partition coefficient (Wildman–Crippen LogP) is 1.60. The lowest BCUT2D eigenvalue weighted by Crippen LogP contribution is -1.85. The molecular weight excluding hydrogens is 222 g/mol. The first-order valence-corrected chi connectivity index (χ1v) is 5.94. The van der Waals surface area contributed by atoms with Crippen molar-refractivity contribution in [2.24, 2.45) is 7.05 Å². The Balaban J connectivity index is 1.94. The minimum absolute atomic E-state index is 0.0924. The van der Waals surface area contributed by atoms with Gasteiger partial charge in [0.05, 0.1) is 12.3 Å². The predicted molar refractivity (Wildman–Crippen MR) is 62.9 cm³/mol. The Kier molecular flexibility index (Phi) is 3.58. The van der Waals surface area contributed by atoms with Crippen LogP contribution in [0.25, 0.3) is 0 Å². The van der Waals surface area contributed by atoms with E-state index in [0.29, 0.717) is 0 Å². The summed E-state index contributed by atoms with van der Waals surface area (Å²) in [5.41, 5.74) is 1.91. The zero-order valence-corrected chi connectivity index (χ0v) is 9.81. The molecule has 0 aliphatic heterocycles. The van der Waals surface area contributed by atoms with Crippen LogP contribution in [0, 0.1) is 0 Å². The standard InChI is InChI=1S/C11H13N3OS/c1-14-6-10(12-13-14)8-16-11-4-2-9(7-15)3-5-11/h2-6,15H,7-8H2,1H3. The van der Waals surface area contributed by atoms with Crippen molar-refractivity contribution < 1.29 is 5.11 Å². The van der Waals surface area contributed by atoms with Crippen molar-refractivity contribution in [1.82, 2.24) is 15.0 Å². The van der Waals surface area contributed by atoms with Crippen LogP contribution >= 0.6 is 11.8 Å². The summed E-state index contributed by atoms with van der Waals surface area (Å²) in [7, 11) is 1.86. The molecule has 0 unspecified atom stereocenters. The van der Waals surface area contributed by atoms with Gasteiger partial charge < -0.3 is 5.11 Å². The van der Waals surface area contributed by atoms with Gasteiger partial charge in [-0.05, 0) is 17.7 Å². The van der Waals surface area contributed by atoms with E-state index in [1.165, 1.54) is 4.90 Å². The summed E-state index contributed by atoms with van der Waals surface area (Å²) in [5, 5.41) is 16.8. The molecule has 0 amide bonds. The highest BCUT2D eigenvalue weighted by molar-refractivity contribution is 7.98. The zero-order valence-electron chi connectivity index (χ0n) is 9.00. The van der Waals surface area contributed by atoms with Gasteiger partial charge in [-0.3, -0.25) is 4.68 Å². The molecule has 1 N–H and O–H groups in total. The van der Waals surface area contributed by atoms with Crippen LogP contribution in [0.1, 0.15) is 11.3 Å². The minimum Gasteiger partial charge on any atom is -0.392 e. The molecule has 0 spiro atoms. The van der Waals surface area contributed by atoms with Gasteiger partial charge in [0.15, 0.2) is 0 Å². The van der Waals surface area contributed by atoms with E-state index in [2.05, 4.69) is 10.3 Å². The molecule has 0 radical (unpaired) electrons. The molecule has 1 aromatic carbocycles. The molecule has 84 valence electrons. The molecule has 0 bridgehead atoms. The van der Waals surface area contributed by atoms with Crippen molar-refractivity contribution in [3.63, 3.8) is 0 Å². The number of aliphatic hydroxyl groups is 1. The molecular formula is C11H13N3OS. The van der Waals surface area contributed by atoms with Crippen molar-refractivity contribution in [3.8, 4) is 0 Å². The molecule has 0 saturated carbocycles. The van der Waals surface area contributed by atoms with Gasteiger partial charge in [0, 0.05) is 23.9 Å². The Bertz CT molecular complexity index is 453. The molecule has 0 saturated heterocycles. The lowest BCUT2D eigenvalue weighted by molar-refractivity contribution is 0.282. The van der Waals surface area contributed by atoms with Crippen LogP contribution in [0.3, 0.4) is 0 Å². The number of hydrogen-bond donors (Lipinski definition) is 1. The number of benzene rings is 1. The van der Waals surface area contributed by atoms with E-state index in [0.717, 1.165) is 17.0 Å². The largest absolute Gasteiger partial charge is 0.392 e. The smallest absolute Gasteiger partial charge is 0.0929 e. The molecule has 0 fully saturated rings. The topological polar surface area (TPSA) is 50.9 Å². The van der Waals surface area contributed by atoms with Gasteiger partial charge >= 0.3 is 0 Å². The zero-order chi connectivity index (χ0) is 11.4. The molecule has 0 aliphatic rings. The van der Waals surface area contributed by atoms with Crippen LogP contribution in [0.15, 0.2) is 35.4 Å². The van der Waals surface area contributed by atoms with Gasteiger partial charge in [-0.2, -0.15) is 0 Å². The van der Waals surface area contributed by atoms with E-state index in [4.69, 9.17) is 5.11 Å². The van der Waals surface area contributed by atoms with Crippen molar-refractivity contribution in [2.75, 3.05) is 0 Å². The summed E-state index contributed by atoms with van der Waals surface area (Å²) in [6.45, 7) is 0.0924. The van der Waals surface area contributed by atoms with Gasteiger partial charge in [0.1, 0.15) is 0 Å². The Morgan fingerprint density at radius 3 is 2.62 bits per heavy atom. The van der Waals surface area contributed by atoms with Crippen LogP contribution in [-0.2, 0) is 19.4 Å².